The zero-order valence-electron chi connectivity index (χ0n) is 9.89. The Morgan fingerprint density at radius 3 is 2.56 bits per heavy atom. The fraction of sp³-hybridized carbons (Fsp3) is 1.00. The molecule has 2 N–H and O–H groups in total. The van der Waals surface area contributed by atoms with E-state index in [9.17, 15) is 5.11 Å². The van der Waals surface area contributed by atoms with E-state index in [2.05, 4.69) is 6.92 Å². The van der Waals surface area contributed by atoms with E-state index in [1.54, 1.807) is 0 Å². The second-order valence-corrected chi connectivity index (χ2v) is 5.06. The maximum atomic E-state index is 9.89. The van der Waals surface area contributed by atoms with Gasteiger partial charge in [0, 0.05) is 18.8 Å². The lowest BCUT2D eigenvalue weighted by Crippen LogP contribution is -2.51. The summed E-state index contributed by atoms with van der Waals surface area (Å²) >= 11 is 0. The molecule has 0 aliphatic carbocycles. The number of ether oxygens (including phenoxy) is 2. The first-order chi connectivity index (χ1) is 7.69. The molecule has 1 spiro atoms. The third-order valence-electron chi connectivity index (χ3n) is 3.95. The molecule has 4 heteroatoms. The Bertz CT molecular complexity index is 218. The van der Waals surface area contributed by atoms with Crippen molar-refractivity contribution in [3.63, 3.8) is 0 Å². The molecule has 0 aromatic rings. The number of aliphatic hydroxyl groups excluding tert-OH is 2. The van der Waals surface area contributed by atoms with Gasteiger partial charge in [0.25, 0.3) is 0 Å². The molecule has 0 amide bonds. The average molecular weight is 230 g/mol. The minimum Gasteiger partial charge on any atom is -0.396 e. The molecule has 2 aliphatic rings. The van der Waals surface area contributed by atoms with Crippen molar-refractivity contribution in [2.45, 2.75) is 44.5 Å². The number of hydrogen-bond donors (Lipinski definition) is 2. The van der Waals surface area contributed by atoms with Crippen molar-refractivity contribution in [1.82, 2.24) is 0 Å². The molecule has 0 aromatic carbocycles. The van der Waals surface area contributed by atoms with Crippen LogP contribution in [0.15, 0.2) is 0 Å². The highest BCUT2D eigenvalue weighted by molar-refractivity contribution is 4.87. The van der Waals surface area contributed by atoms with Crippen molar-refractivity contribution < 1.29 is 19.7 Å². The van der Waals surface area contributed by atoms with Crippen molar-refractivity contribution in [2.24, 2.45) is 11.8 Å². The van der Waals surface area contributed by atoms with Crippen LogP contribution in [0.4, 0.5) is 0 Å². The predicted molar refractivity (Wildman–Crippen MR) is 58.8 cm³/mol. The molecule has 2 saturated heterocycles. The largest absolute Gasteiger partial charge is 0.396 e. The highest BCUT2D eigenvalue weighted by atomic mass is 16.7. The second-order valence-electron chi connectivity index (χ2n) is 5.06. The molecule has 0 radical (unpaired) electrons. The van der Waals surface area contributed by atoms with E-state index in [4.69, 9.17) is 14.6 Å². The summed E-state index contributed by atoms with van der Waals surface area (Å²) in [6, 6.07) is 0. The van der Waals surface area contributed by atoms with Gasteiger partial charge in [0.2, 0.25) is 0 Å². The number of hydrogen-bond acceptors (Lipinski definition) is 4. The molecule has 3 unspecified atom stereocenters. The molecule has 2 rings (SSSR count). The summed E-state index contributed by atoms with van der Waals surface area (Å²) in [5, 5.41) is 18.9. The van der Waals surface area contributed by atoms with E-state index in [1.807, 2.05) is 0 Å². The standard InChI is InChI=1S/C12H22O4/c1-2-9-3-4-12(15-7-9)5-11(14)10(6-13)8-16-12/h9-11,13-14H,2-8H2,1H3/t9?,10?,11-,12?/m0/s1. The van der Waals surface area contributed by atoms with E-state index in [1.165, 1.54) is 0 Å². The lowest BCUT2D eigenvalue weighted by atomic mass is 9.86. The lowest BCUT2D eigenvalue weighted by Gasteiger charge is -2.45. The van der Waals surface area contributed by atoms with Gasteiger partial charge in [0.15, 0.2) is 5.79 Å². The van der Waals surface area contributed by atoms with Crippen LogP contribution in [0.25, 0.3) is 0 Å². The maximum Gasteiger partial charge on any atom is 0.170 e. The van der Waals surface area contributed by atoms with Gasteiger partial charge < -0.3 is 19.7 Å². The first-order valence-electron chi connectivity index (χ1n) is 6.26. The Labute approximate surface area is 96.6 Å². The van der Waals surface area contributed by atoms with E-state index in [0.717, 1.165) is 25.9 Å². The third-order valence-corrected chi connectivity index (χ3v) is 3.95. The van der Waals surface area contributed by atoms with E-state index in [-0.39, 0.29) is 12.5 Å². The summed E-state index contributed by atoms with van der Waals surface area (Å²) in [4.78, 5) is 0. The van der Waals surface area contributed by atoms with Gasteiger partial charge in [0.1, 0.15) is 0 Å². The average Bonchev–Trinajstić information content (AvgIpc) is 2.30. The lowest BCUT2D eigenvalue weighted by molar-refractivity contribution is -0.307. The van der Waals surface area contributed by atoms with Gasteiger partial charge in [-0.1, -0.05) is 13.3 Å². The fourth-order valence-electron chi connectivity index (χ4n) is 2.53. The van der Waals surface area contributed by atoms with Crippen molar-refractivity contribution >= 4 is 0 Å². The molecule has 4 nitrogen and oxygen atoms in total. The van der Waals surface area contributed by atoms with Crippen molar-refractivity contribution in [1.29, 1.82) is 0 Å². The number of rotatable bonds is 2. The minimum atomic E-state index is -0.573. The molecule has 4 atom stereocenters. The second kappa shape index (κ2) is 5.00. The summed E-state index contributed by atoms with van der Waals surface area (Å²) in [7, 11) is 0. The molecular weight excluding hydrogens is 208 g/mol. The smallest absolute Gasteiger partial charge is 0.170 e. The Hall–Kier alpha value is -0.160. The van der Waals surface area contributed by atoms with Crippen LogP contribution < -0.4 is 0 Å². The Balaban J connectivity index is 1.91. The predicted octanol–water partition coefficient (Wildman–Crippen LogP) is 0.909. The Kier molecular flexibility index (Phi) is 3.85. The van der Waals surface area contributed by atoms with Crippen LogP contribution in [0, 0.1) is 11.8 Å². The first-order valence-corrected chi connectivity index (χ1v) is 6.26. The molecule has 94 valence electrons. The normalized spacial score (nSPS) is 44.8. The van der Waals surface area contributed by atoms with E-state index < -0.39 is 11.9 Å². The van der Waals surface area contributed by atoms with Gasteiger partial charge >= 0.3 is 0 Å². The van der Waals surface area contributed by atoms with Crippen LogP contribution in [0.3, 0.4) is 0 Å². The summed E-state index contributed by atoms with van der Waals surface area (Å²) in [6.07, 6.45) is 3.09. The quantitative estimate of drug-likeness (QED) is 0.740. The molecule has 0 saturated carbocycles. The third kappa shape index (κ3) is 2.40. The van der Waals surface area contributed by atoms with E-state index in [0.29, 0.717) is 18.9 Å². The van der Waals surface area contributed by atoms with Crippen LogP contribution in [0.2, 0.25) is 0 Å². The van der Waals surface area contributed by atoms with Gasteiger partial charge in [-0.3, -0.25) is 0 Å². The SMILES string of the molecule is CCC1CCC2(C[C@H](O)C(CO)CO2)OC1. The maximum absolute atomic E-state index is 9.89. The Morgan fingerprint density at radius 1 is 1.31 bits per heavy atom. The highest BCUT2D eigenvalue weighted by Gasteiger charge is 2.44. The molecule has 2 aliphatic heterocycles. The van der Waals surface area contributed by atoms with Gasteiger partial charge in [-0.15, -0.1) is 0 Å². The van der Waals surface area contributed by atoms with Gasteiger partial charge in [-0.25, -0.2) is 0 Å². The molecule has 0 bridgehead atoms. The van der Waals surface area contributed by atoms with Crippen molar-refractivity contribution in [3.05, 3.63) is 0 Å². The van der Waals surface area contributed by atoms with Crippen LogP contribution in [0.5, 0.6) is 0 Å². The zero-order valence-corrected chi connectivity index (χ0v) is 9.89. The number of aliphatic hydroxyl groups is 2. The summed E-state index contributed by atoms with van der Waals surface area (Å²) in [5.41, 5.74) is 0. The van der Waals surface area contributed by atoms with Crippen LogP contribution in [-0.4, -0.2) is 41.9 Å². The zero-order chi connectivity index (χ0) is 11.6. The topological polar surface area (TPSA) is 58.9 Å². The summed E-state index contributed by atoms with van der Waals surface area (Å²) in [5.74, 6) is -0.100. The Morgan fingerprint density at radius 2 is 2.06 bits per heavy atom. The van der Waals surface area contributed by atoms with Gasteiger partial charge in [-0.05, 0) is 12.3 Å². The monoisotopic (exact) mass is 230 g/mol. The molecule has 0 aromatic heterocycles. The molecular formula is C12H22O4. The van der Waals surface area contributed by atoms with Crippen LogP contribution in [0.1, 0.15) is 32.6 Å². The van der Waals surface area contributed by atoms with E-state index >= 15 is 0 Å². The van der Waals surface area contributed by atoms with Gasteiger partial charge in [0.05, 0.1) is 25.9 Å². The van der Waals surface area contributed by atoms with Crippen molar-refractivity contribution in [2.75, 3.05) is 19.8 Å². The van der Waals surface area contributed by atoms with Crippen molar-refractivity contribution in [3.8, 4) is 0 Å². The molecule has 2 heterocycles. The summed E-state index contributed by atoms with van der Waals surface area (Å²) < 4.78 is 11.5. The van der Waals surface area contributed by atoms with Gasteiger partial charge in [-0.2, -0.15) is 0 Å². The molecule has 2 fully saturated rings. The fourth-order valence-corrected chi connectivity index (χ4v) is 2.53. The molecule has 16 heavy (non-hydrogen) atoms. The van der Waals surface area contributed by atoms with Crippen LogP contribution in [-0.2, 0) is 9.47 Å². The van der Waals surface area contributed by atoms with Crippen LogP contribution >= 0.6 is 0 Å². The highest BCUT2D eigenvalue weighted by Crippen LogP contribution is 2.38. The minimum absolute atomic E-state index is 0.0190. The summed E-state index contributed by atoms with van der Waals surface area (Å²) in [6.45, 7) is 3.28. The first kappa shape index (κ1) is 12.3.